The van der Waals surface area contributed by atoms with Gasteiger partial charge >= 0.3 is 11.9 Å². The van der Waals surface area contributed by atoms with E-state index in [0.29, 0.717) is 12.8 Å². The van der Waals surface area contributed by atoms with Gasteiger partial charge in [0.25, 0.3) is 0 Å². The molecule has 66 heavy (non-hydrogen) atoms. The zero-order valence-corrected chi connectivity index (χ0v) is 40.7. The van der Waals surface area contributed by atoms with Crippen LogP contribution in [0.5, 0.6) is 0 Å². The van der Waals surface area contributed by atoms with E-state index in [1.54, 1.807) is 0 Å². The number of carbonyl (C=O) groups excluding carboxylic acids is 2. The molecule has 0 aliphatic carbocycles. The van der Waals surface area contributed by atoms with Crippen molar-refractivity contribution in [1.82, 2.24) is 0 Å². The molecular weight excluding hydrogens is 853 g/mol. The first kappa shape index (κ1) is 60.1. The molecule has 0 unspecified atom stereocenters. The summed E-state index contributed by atoms with van der Waals surface area (Å²) in [4.78, 5) is 25.7. The number of hydrogen-bond donors (Lipinski definition) is 7. The lowest BCUT2D eigenvalue weighted by Crippen LogP contribution is -2.61. The molecule has 0 spiro atoms. The van der Waals surface area contributed by atoms with E-state index in [2.05, 4.69) is 38.2 Å². The summed E-state index contributed by atoms with van der Waals surface area (Å²) in [6.45, 7) is 2.56. The molecule has 2 rings (SSSR count). The normalized spacial score (nSPS) is 26.3. The third-order valence-corrected chi connectivity index (χ3v) is 12.4. The van der Waals surface area contributed by atoms with E-state index in [1.807, 2.05) is 0 Å². The summed E-state index contributed by atoms with van der Waals surface area (Å²) < 4.78 is 33.6. The molecule has 0 aromatic rings. The lowest BCUT2D eigenvalue weighted by Gasteiger charge is -2.42. The molecule has 0 aromatic heterocycles. The van der Waals surface area contributed by atoms with Crippen molar-refractivity contribution in [2.45, 2.75) is 261 Å². The van der Waals surface area contributed by atoms with Crippen molar-refractivity contribution in [1.29, 1.82) is 0 Å². The topological polar surface area (TPSA) is 231 Å². The van der Waals surface area contributed by atoms with E-state index < -0.39 is 92.7 Å². The first-order chi connectivity index (χ1) is 32.0. The number of carbonyl (C=O) groups is 2. The Morgan fingerprint density at radius 2 is 0.909 bits per heavy atom. The highest BCUT2D eigenvalue weighted by Gasteiger charge is 2.47. The number of hydrogen-bond acceptors (Lipinski definition) is 15. The average molecular weight is 945 g/mol. The van der Waals surface area contributed by atoms with Crippen LogP contribution in [0.2, 0.25) is 0 Å². The lowest BCUT2D eigenvalue weighted by molar-refractivity contribution is -0.332. The summed E-state index contributed by atoms with van der Waals surface area (Å²) in [7, 11) is 0. The van der Waals surface area contributed by atoms with Gasteiger partial charge in [-0.25, -0.2) is 0 Å². The van der Waals surface area contributed by atoms with Crippen LogP contribution < -0.4 is 0 Å². The molecular formula is C51H92O15. The molecule has 2 aliphatic rings. The number of aliphatic hydroxyl groups is 7. The Kier molecular flexibility index (Phi) is 35.3. The van der Waals surface area contributed by atoms with Gasteiger partial charge in [-0.2, -0.15) is 0 Å². The third-order valence-electron chi connectivity index (χ3n) is 12.4. The van der Waals surface area contributed by atoms with Crippen LogP contribution in [0.4, 0.5) is 0 Å². The molecule has 386 valence electrons. The first-order valence-electron chi connectivity index (χ1n) is 25.9. The van der Waals surface area contributed by atoms with E-state index in [-0.39, 0.29) is 26.1 Å². The molecule has 7 N–H and O–H groups in total. The predicted octanol–water partition coefficient (Wildman–Crippen LogP) is 7.16. The van der Waals surface area contributed by atoms with Crippen molar-refractivity contribution in [2.24, 2.45) is 0 Å². The van der Waals surface area contributed by atoms with Crippen molar-refractivity contribution in [3.8, 4) is 0 Å². The SMILES string of the molecule is CCCCC/C=C\C/C=C\CCCCCCCC(=O)O[C@H](COC(=O)CCCCCCCCCCCCCCCCC)CO[C@@H]1O[C@H](CO[C@H]2O[C@H](CO)[C@H](O)[C@@H](O)[C@H]2O)[C@@H](O)[C@H](O)[C@H]1O. The highest BCUT2D eigenvalue weighted by atomic mass is 16.7. The Balaban J connectivity index is 1.81. The standard InChI is InChI=1S/C51H92O15/c1-3-5-7-9-11-13-15-17-19-21-23-25-27-29-31-33-42(53)61-36-39(64-43(54)34-32-30-28-26-24-22-20-18-16-14-12-10-8-6-4-2)37-62-50-49(60)47(58)45(56)41(66-50)38-63-51-48(59)46(57)44(55)40(35-52)65-51/h12,14,18,20,39-41,44-52,55-60H,3-11,13,15-17,19,21-38H2,1-2H3/b14-12-,20-18-/t39-,40-,41-,44+,45-,46-,47+,48-,49-,50-,51+/m1/s1. The summed E-state index contributed by atoms with van der Waals surface area (Å²) >= 11 is 0. The smallest absolute Gasteiger partial charge is 0.306 e. The van der Waals surface area contributed by atoms with Gasteiger partial charge in [-0.1, -0.05) is 160 Å². The number of allylic oxidation sites excluding steroid dienone is 4. The van der Waals surface area contributed by atoms with Gasteiger partial charge in [-0.15, -0.1) is 0 Å². The van der Waals surface area contributed by atoms with Crippen molar-refractivity contribution >= 4 is 11.9 Å². The van der Waals surface area contributed by atoms with Crippen LogP contribution in [0.3, 0.4) is 0 Å². The van der Waals surface area contributed by atoms with Gasteiger partial charge in [0.15, 0.2) is 18.7 Å². The summed E-state index contributed by atoms with van der Waals surface area (Å²) in [6.07, 6.45) is 22.0. The second kappa shape index (κ2) is 38.8. The zero-order chi connectivity index (χ0) is 48.2. The van der Waals surface area contributed by atoms with Crippen LogP contribution in [0.1, 0.15) is 194 Å². The van der Waals surface area contributed by atoms with Crippen molar-refractivity contribution in [3.63, 3.8) is 0 Å². The maximum absolute atomic E-state index is 13.0. The second-order valence-electron chi connectivity index (χ2n) is 18.4. The van der Waals surface area contributed by atoms with Crippen molar-refractivity contribution in [2.75, 3.05) is 26.4 Å². The van der Waals surface area contributed by atoms with Crippen LogP contribution in [-0.4, -0.2) is 142 Å². The minimum atomic E-state index is -1.76. The fourth-order valence-corrected chi connectivity index (χ4v) is 8.13. The molecule has 0 radical (unpaired) electrons. The van der Waals surface area contributed by atoms with Gasteiger partial charge in [-0.05, 0) is 44.9 Å². The van der Waals surface area contributed by atoms with E-state index in [4.69, 9.17) is 28.4 Å². The number of ether oxygens (including phenoxy) is 6. The predicted molar refractivity (Wildman–Crippen MR) is 252 cm³/mol. The number of esters is 2. The number of unbranched alkanes of at least 4 members (excludes halogenated alkanes) is 22. The number of rotatable bonds is 40. The van der Waals surface area contributed by atoms with Gasteiger partial charge in [0.05, 0.1) is 19.8 Å². The molecule has 0 aromatic carbocycles. The van der Waals surface area contributed by atoms with E-state index in [1.165, 1.54) is 89.9 Å². The minimum Gasteiger partial charge on any atom is -0.462 e. The summed E-state index contributed by atoms with van der Waals surface area (Å²) in [5.41, 5.74) is 0. The Bertz CT molecular complexity index is 1250. The summed E-state index contributed by atoms with van der Waals surface area (Å²) in [6, 6.07) is 0. The highest BCUT2D eigenvalue weighted by molar-refractivity contribution is 5.70. The van der Waals surface area contributed by atoms with Gasteiger partial charge in [0, 0.05) is 12.8 Å². The fraction of sp³-hybridized carbons (Fsp3) is 0.882. The second-order valence-corrected chi connectivity index (χ2v) is 18.4. The van der Waals surface area contributed by atoms with E-state index in [9.17, 15) is 45.3 Å². The lowest BCUT2D eigenvalue weighted by atomic mass is 9.98. The van der Waals surface area contributed by atoms with Crippen LogP contribution in [0.25, 0.3) is 0 Å². The Hall–Kier alpha value is -2.02. The van der Waals surface area contributed by atoms with Crippen LogP contribution in [0.15, 0.2) is 24.3 Å². The van der Waals surface area contributed by atoms with Gasteiger partial charge in [0.2, 0.25) is 0 Å². The van der Waals surface area contributed by atoms with Gasteiger partial charge in [0.1, 0.15) is 55.4 Å². The fourth-order valence-electron chi connectivity index (χ4n) is 8.13. The zero-order valence-electron chi connectivity index (χ0n) is 40.7. The maximum atomic E-state index is 13.0. The molecule has 15 nitrogen and oxygen atoms in total. The third kappa shape index (κ3) is 26.7. The van der Waals surface area contributed by atoms with Crippen LogP contribution in [0, 0.1) is 0 Å². The summed E-state index contributed by atoms with van der Waals surface area (Å²) in [5, 5.41) is 72.1. The highest BCUT2D eigenvalue weighted by Crippen LogP contribution is 2.26. The molecule has 2 fully saturated rings. The average Bonchev–Trinajstić information content (AvgIpc) is 3.31. The van der Waals surface area contributed by atoms with Crippen LogP contribution >= 0.6 is 0 Å². The molecule has 2 aliphatic heterocycles. The molecule has 0 bridgehead atoms. The molecule has 11 atom stereocenters. The summed E-state index contributed by atoms with van der Waals surface area (Å²) in [5.74, 6) is -0.934. The van der Waals surface area contributed by atoms with E-state index in [0.717, 1.165) is 64.2 Å². The van der Waals surface area contributed by atoms with Gasteiger partial charge in [-0.3, -0.25) is 9.59 Å². The van der Waals surface area contributed by atoms with Crippen molar-refractivity contribution < 1.29 is 73.8 Å². The maximum Gasteiger partial charge on any atom is 0.306 e. The minimum absolute atomic E-state index is 0.152. The molecule has 2 heterocycles. The largest absolute Gasteiger partial charge is 0.462 e. The molecule has 15 heteroatoms. The van der Waals surface area contributed by atoms with Crippen molar-refractivity contribution in [3.05, 3.63) is 24.3 Å². The Morgan fingerprint density at radius 3 is 1.44 bits per heavy atom. The Labute approximate surface area is 396 Å². The quantitative estimate of drug-likeness (QED) is 0.0184. The first-order valence-corrected chi connectivity index (χ1v) is 25.9. The molecule has 0 saturated carbocycles. The van der Waals surface area contributed by atoms with Crippen LogP contribution in [-0.2, 0) is 38.0 Å². The number of aliphatic hydroxyl groups excluding tert-OH is 7. The molecule has 0 amide bonds. The van der Waals surface area contributed by atoms with Gasteiger partial charge < -0.3 is 64.2 Å². The monoisotopic (exact) mass is 945 g/mol. The van der Waals surface area contributed by atoms with E-state index >= 15 is 0 Å². The Morgan fingerprint density at radius 1 is 0.485 bits per heavy atom. The molecule has 2 saturated heterocycles.